The first-order valence-corrected chi connectivity index (χ1v) is 7.06. The lowest BCUT2D eigenvalue weighted by atomic mass is 10.1. The van der Waals surface area contributed by atoms with Crippen molar-refractivity contribution in [2.45, 2.75) is 12.6 Å². The smallest absolute Gasteiger partial charge is 0.326 e. The van der Waals surface area contributed by atoms with Crippen LogP contribution in [-0.4, -0.2) is 5.91 Å². The number of halogens is 6. The van der Waals surface area contributed by atoms with E-state index in [-0.39, 0.29) is 22.1 Å². The van der Waals surface area contributed by atoms with Gasteiger partial charge in [0.05, 0.1) is 16.5 Å². The molecule has 0 aliphatic carbocycles. The van der Waals surface area contributed by atoms with Crippen molar-refractivity contribution in [3.8, 4) is 0 Å². The number of carbonyl (C=O) groups excluding carboxylic acids is 1. The molecule has 0 saturated heterocycles. The van der Waals surface area contributed by atoms with E-state index in [0.29, 0.717) is 0 Å². The Hall–Kier alpha value is -1.96. The molecule has 0 atom stereocenters. The normalized spacial score (nSPS) is 11.4. The van der Waals surface area contributed by atoms with Crippen LogP contribution in [0.5, 0.6) is 0 Å². The van der Waals surface area contributed by atoms with Crippen molar-refractivity contribution in [1.29, 1.82) is 0 Å². The highest BCUT2D eigenvalue weighted by molar-refractivity contribution is 9.10. The van der Waals surface area contributed by atoms with Crippen molar-refractivity contribution in [2.24, 2.45) is 0 Å². The van der Waals surface area contributed by atoms with Crippen molar-refractivity contribution in [3.63, 3.8) is 0 Å². The van der Waals surface area contributed by atoms with E-state index in [0.717, 1.165) is 24.3 Å². The van der Waals surface area contributed by atoms with Crippen molar-refractivity contribution in [1.82, 2.24) is 0 Å². The van der Waals surface area contributed by atoms with Gasteiger partial charge in [-0.25, -0.2) is 8.78 Å². The summed E-state index contributed by atoms with van der Waals surface area (Å²) in [6.07, 6.45) is -4.87. The molecule has 122 valence electrons. The van der Waals surface area contributed by atoms with E-state index in [1.807, 2.05) is 0 Å². The Morgan fingerprint density at radius 3 is 2.26 bits per heavy atom. The Labute approximate surface area is 136 Å². The fourth-order valence-corrected chi connectivity index (χ4v) is 2.10. The van der Waals surface area contributed by atoms with Crippen LogP contribution in [0.3, 0.4) is 0 Å². The number of alkyl halides is 3. The Morgan fingerprint density at radius 1 is 1.09 bits per heavy atom. The van der Waals surface area contributed by atoms with Crippen LogP contribution in [0, 0.1) is 11.6 Å². The zero-order chi connectivity index (χ0) is 17.2. The van der Waals surface area contributed by atoms with Crippen molar-refractivity contribution < 1.29 is 26.7 Å². The second-order valence-corrected chi connectivity index (χ2v) is 5.47. The van der Waals surface area contributed by atoms with Gasteiger partial charge in [0.1, 0.15) is 11.6 Å². The first-order valence-electron chi connectivity index (χ1n) is 6.27. The Bertz CT molecular complexity index is 722. The zero-order valence-corrected chi connectivity index (χ0v) is 12.9. The largest absolute Gasteiger partial charge is 0.416 e. The minimum Gasteiger partial charge on any atom is -0.326 e. The summed E-state index contributed by atoms with van der Waals surface area (Å²) in [7, 11) is 0. The first kappa shape index (κ1) is 17.4. The molecule has 1 N–H and O–H groups in total. The van der Waals surface area contributed by atoms with E-state index < -0.39 is 29.3 Å². The predicted octanol–water partition coefficient (Wildman–Crippen LogP) is 4.93. The molecule has 0 unspecified atom stereocenters. The molecule has 0 heterocycles. The first-order chi connectivity index (χ1) is 10.7. The average molecular weight is 394 g/mol. The summed E-state index contributed by atoms with van der Waals surface area (Å²) in [6.45, 7) is 0. The third-order valence-electron chi connectivity index (χ3n) is 2.89. The molecule has 0 aliphatic heterocycles. The maximum Gasteiger partial charge on any atom is 0.416 e. The van der Waals surface area contributed by atoms with Gasteiger partial charge >= 0.3 is 6.18 Å². The summed E-state index contributed by atoms with van der Waals surface area (Å²) < 4.78 is 64.1. The second kappa shape index (κ2) is 6.66. The number of hydrogen-bond acceptors (Lipinski definition) is 1. The molecule has 2 nitrogen and oxygen atoms in total. The number of hydrogen-bond donors (Lipinski definition) is 1. The summed E-state index contributed by atoms with van der Waals surface area (Å²) >= 11 is 2.69. The number of anilines is 1. The Balaban J connectivity index is 2.11. The molecular formula is C15H9BrF5NO. The number of benzene rings is 2. The van der Waals surface area contributed by atoms with Crippen molar-refractivity contribution in [3.05, 3.63) is 63.6 Å². The van der Waals surface area contributed by atoms with Gasteiger partial charge in [-0.1, -0.05) is 18.2 Å². The van der Waals surface area contributed by atoms with E-state index >= 15 is 0 Å². The predicted molar refractivity (Wildman–Crippen MR) is 77.8 cm³/mol. The third kappa shape index (κ3) is 4.51. The highest BCUT2D eigenvalue weighted by Crippen LogP contribution is 2.29. The number of carbonyl (C=O) groups is 1. The summed E-state index contributed by atoms with van der Waals surface area (Å²) in [5.41, 5.74) is -0.862. The van der Waals surface area contributed by atoms with Gasteiger partial charge in [0.2, 0.25) is 5.91 Å². The van der Waals surface area contributed by atoms with Crippen LogP contribution in [0.15, 0.2) is 40.9 Å². The second-order valence-electron chi connectivity index (χ2n) is 4.68. The molecule has 1 amide bonds. The van der Waals surface area contributed by atoms with E-state index in [2.05, 4.69) is 21.2 Å². The standard InChI is InChI=1S/C15H9BrF5NO/c16-14-11(17)6-10(7-12(14)18)22-13(23)5-8-2-1-3-9(4-8)15(19,20)21/h1-4,6-7H,5H2,(H,22,23). The molecule has 0 radical (unpaired) electrons. The van der Waals surface area contributed by atoms with Crippen LogP contribution in [-0.2, 0) is 17.4 Å². The number of rotatable bonds is 3. The van der Waals surface area contributed by atoms with Gasteiger partial charge < -0.3 is 5.32 Å². The molecule has 8 heteroatoms. The van der Waals surface area contributed by atoms with Gasteiger partial charge in [0.25, 0.3) is 0 Å². The topological polar surface area (TPSA) is 29.1 Å². The molecule has 0 aromatic heterocycles. The van der Waals surface area contributed by atoms with Crippen molar-refractivity contribution >= 4 is 27.5 Å². The lowest BCUT2D eigenvalue weighted by Gasteiger charge is -2.10. The van der Waals surface area contributed by atoms with Crippen LogP contribution in [0.4, 0.5) is 27.6 Å². The van der Waals surface area contributed by atoms with Gasteiger partial charge in [-0.2, -0.15) is 13.2 Å². The van der Waals surface area contributed by atoms with Gasteiger partial charge in [-0.05, 0) is 39.7 Å². The molecule has 2 rings (SSSR count). The molecule has 2 aromatic rings. The molecule has 0 bridgehead atoms. The van der Waals surface area contributed by atoms with Gasteiger partial charge in [-0.15, -0.1) is 0 Å². The Kier molecular flexibility index (Phi) is 5.03. The third-order valence-corrected chi connectivity index (χ3v) is 3.64. The number of amides is 1. The van der Waals surface area contributed by atoms with Crippen LogP contribution < -0.4 is 5.32 Å². The molecule has 2 aromatic carbocycles. The number of nitrogens with one attached hydrogen (secondary N) is 1. The van der Waals surface area contributed by atoms with Crippen LogP contribution >= 0.6 is 15.9 Å². The SMILES string of the molecule is O=C(Cc1cccc(C(F)(F)F)c1)Nc1cc(F)c(Br)c(F)c1. The van der Waals surface area contributed by atoms with Gasteiger partial charge in [0.15, 0.2) is 0 Å². The quantitative estimate of drug-likeness (QED) is 0.581. The van der Waals surface area contributed by atoms with Gasteiger partial charge in [-0.3, -0.25) is 4.79 Å². The van der Waals surface area contributed by atoms with Crippen molar-refractivity contribution in [2.75, 3.05) is 5.32 Å². The summed E-state index contributed by atoms with van der Waals surface area (Å²) in [4.78, 5) is 11.8. The van der Waals surface area contributed by atoms with Gasteiger partial charge in [0, 0.05) is 5.69 Å². The van der Waals surface area contributed by atoms with Crippen LogP contribution in [0.1, 0.15) is 11.1 Å². The highest BCUT2D eigenvalue weighted by Gasteiger charge is 2.30. The fraction of sp³-hybridized carbons (Fsp3) is 0.133. The van der Waals surface area contributed by atoms with E-state index in [9.17, 15) is 26.7 Å². The van der Waals surface area contributed by atoms with E-state index in [4.69, 9.17) is 0 Å². The Morgan fingerprint density at radius 2 is 1.70 bits per heavy atom. The maximum absolute atomic E-state index is 13.3. The minimum atomic E-state index is -4.51. The summed E-state index contributed by atoms with van der Waals surface area (Å²) in [6, 6.07) is 6.08. The molecule has 0 aliphatic rings. The lowest BCUT2D eigenvalue weighted by Crippen LogP contribution is -2.15. The van der Waals surface area contributed by atoms with E-state index in [1.54, 1.807) is 0 Å². The summed E-state index contributed by atoms with van der Waals surface area (Å²) in [5.74, 6) is -2.50. The highest BCUT2D eigenvalue weighted by atomic mass is 79.9. The van der Waals surface area contributed by atoms with Crippen LogP contribution in [0.25, 0.3) is 0 Å². The average Bonchev–Trinajstić information content (AvgIpc) is 2.44. The molecule has 0 fully saturated rings. The maximum atomic E-state index is 13.3. The molecule has 0 spiro atoms. The molecule has 23 heavy (non-hydrogen) atoms. The zero-order valence-electron chi connectivity index (χ0n) is 11.3. The fourth-order valence-electron chi connectivity index (χ4n) is 1.88. The van der Waals surface area contributed by atoms with Crippen LogP contribution in [0.2, 0.25) is 0 Å². The summed E-state index contributed by atoms with van der Waals surface area (Å²) in [5, 5.41) is 2.24. The molecule has 0 saturated carbocycles. The lowest BCUT2D eigenvalue weighted by molar-refractivity contribution is -0.137. The molecular weight excluding hydrogens is 385 g/mol. The monoisotopic (exact) mass is 393 g/mol. The van der Waals surface area contributed by atoms with E-state index in [1.165, 1.54) is 12.1 Å². The minimum absolute atomic E-state index is 0.125.